The van der Waals surface area contributed by atoms with E-state index in [0.29, 0.717) is 28.7 Å². The highest BCUT2D eigenvalue weighted by Gasteiger charge is 2.19. The number of aromatic amines is 1. The Morgan fingerprint density at radius 1 is 1.32 bits per heavy atom. The molecule has 1 amide bonds. The summed E-state index contributed by atoms with van der Waals surface area (Å²) in [5.74, 6) is 1.03. The van der Waals surface area contributed by atoms with Crippen molar-refractivity contribution in [1.82, 2.24) is 9.97 Å². The quantitative estimate of drug-likeness (QED) is 0.539. The van der Waals surface area contributed by atoms with E-state index >= 15 is 0 Å². The molecule has 0 aliphatic rings. The summed E-state index contributed by atoms with van der Waals surface area (Å²) in [6, 6.07) is 7.07. The van der Waals surface area contributed by atoms with E-state index in [-0.39, 0.29) is 17.3 Å². The van der Waals surface area contributed by atoms with Gasteiger partial charge in [0.25, 0.3) is 5.56 Å². The minimum Gasteiger partial charge on any atom is -0.325 e. The number of nitrogens with one attached hydrogen (secondary N) is 2. The summed E-state index contributed by atoms with van der Waals surface area (Å²) in [5.41, 5.74) is 1.00. The smallest absolute Gasteiger partial charge is 0.251 e. The topological polar surface area (TPSA) is 74.8 Å². The highest BCUT2D eigenvalue weighted by Crippen LogP contribution is 2.23. The molecule has 0 bridgehead atoms. The van der Waals surface area contributed by atoms with E-state index in [1.165, 1.54) is 42.1 Å². The number of carbonyl (C=O) groups excluding carboxylic acids is 1. The summed E-state index contributed by atoms with van der Waals surface area (Å²) in [7, 11) is 0. The molecule has 1 heterocycles. The molecule has 0 saturated carbocycles. The number of thioether (sulfide) groups is 2. The van der Waals surface area contributed by atoms with Gasteiger partial charge < -0.3 is 10.3 Å². The van der Waals surface area contributed by atoms with Crippen LogP contribution in [0.15, 0.2) is 40.3 Å². The van der Waals surface area contributed by atoms with Gasteiger partial charge in [0.05, 0.1) is 10.9 Å². The van der Waals surface area contributed by atoms with Crippen LogP contribution in [0.1, 0.15) is 26.0 Å². The van der Waals surface area contributed by atoms with Crippen molar-refractivity contribution in [3.8, 4) is 0 Å². The molecule has 0 aliphatic carbocycles. The number of nitrogens with zero attached hydrogens (tertiary/aromatic N) is 1. The standard InChI is InChI=1S/C17H20FN3O2S2/c1-3-14(16(23)19-12-7-5-11(18)6-8-12)25-17-20-13(10-24-4-2)9-15(22)21-17/h5-9,14H,3-4,10H2,1-2H3,(H,19,23)(H,20,21,22). The molecule has 2 rings (SSSR count). The van der Waals surface area contributed by atoms with Gasteiger partial charge in [-0.3, -0.25) is 9.59 Å². The highest BCUT2D eigenvalue weighted by atomic mass is 32.2. The van der Waals surface area contributed by atoms with Gasteiger partial charge in [-0.1, -0.05) is 25.6 Å². The third-order valence-electron chi connectivity index (χ3n) is 3.26. The Hall–Kier alpha value is -1.80. The number of benzene rings is 1. The Kier molecular flexibility index (Phi) is 7.52. The number of carbonyl (C=O) groups is 1. The molecule has 25 heavy (non-hydrogen) atoms. The van der Waals surface area contributed by atoms with Gasteiger partial charge in [-0.25, -0.2) is 9.37 Å². The molecule has 8 heteroatoms. The fourth-order valence-electron chi connectivity index (χ4n) is 2.03. The first kappa shape index (κ1) is 19.5. The van der Waals surface area contributed by atoms with E-state index in [2.05, 4.69) is 15.3 Å². The first-order valence-electron chi connectivity index (χ1n) is 7.93. The van der Waals surface area contributed by atoms with Gasteiger partial charge in [0.1, 0.15) is 5.82 Å². The monoisotopic (exact) mass is 381 g/mol. The van der Waals surface area contributed by atoms with Crippen molar-refractivity contribution in [3.05, 3.63) is 52.2 Å². The van der Waals surface area contributed by atoms with Gasteiger partial charge in [0.2, 0.25) is 5.91 Å². The predicted octanol–water partition coefficient (Wildman–Crippen LogP) is 3.67. The lowest BCUT2D eigenvalue weighted by molar-refractivity contribution is -0.115. The molecular weight excluding hydrogens is 361 g/mol. The maximum absolute atomic E-state index is 12.9. The van der Waals surface area contributed by atoms with Crippen molar-refractivity contribution in [3.63, 3.8) is 0 Å². The second kappa shape index (κ2) is 9.62. The lowest BCUT2D eigenvalue weighted by Crippen LogP contribution is -2.25. The van der Waals surface area contributed by atoms with Crippen LogP contribution in [-0.2, 0) is 10.5 Å². The van der Waals surface area contributed by atoms with E-state index in [1.807, 2.05) is 13.8 Å². The van der Waals surface area contributed by atoms with Crippen LogP contribution in [0.4, 0.5) is 10.1 Å². The molecule has 0 radical (unpaired) electrons. The maximum atomic E-state index is 12.9. The Bertz CT molecular complexity index is 765. The summed E-state index contributed by atoms with van der Waals surface area (Å²) >= 11 is 2.90. The largest absolute Gasteiger partial charge is 0.325 e. The van der Waals surface area contributed by atoms with Crippen LogP contribution in [0.25, 0.3) is 0 Å². The van der Waals surface area contributed by atoms with Crippen LogP contribution in [-0.4, -0.2) is 26.9 Å². The SMILES string of the molecule is CCSCc1cc(=O)[nH]c(SC(CC)C(=O)Nc2ccc(F)cc2)n1. The van der Waals surface area contributed by atoms with Gasteiger partial charge in [-0.15, -0.1) is 0 Å². The van der Waals surface area contributed by atoms with E-state index in [1.54, 1.807) is 11.8 Å². The van der Waals surface area contributed by atoms with Crippen molar-refractivity contribution >= 4 is 35.1 Å². The minimum absolute atomic E-state index is 0.213. The Labute approximate surface area is 154 Å². The van der Waals surface area contributed by atoms with Crippen LogP contribution >= 0.6 is 23.5 Å². The zero-order valence-electron chi connectivity index (χ0n) is 14.0. The third kappa shape index (κ3) is 6.21. The molecule has 0 spiro atoms. The zero-order valence-corrected chi connectivity index (χ0v) is 15.7. The summed E-state index contributed by atoms with van der Waals surface area (Å²) in [6.45, 7) is 3.93. The predicted molar refractivity (Wildman–Crippen MR) is 102 cm³/mol. The Balaban J connectivity index is 2.07. The molecule has 1 aromatic heterocycles. The van der Waals surface area contributed by atoms with Crippen molar-refractivity contribution in [1.29, 1.82) is 0 Å². The molecule has 1 atom stereocenters. The van der Waals surface area contributed by atoms with E-state index in [4.69, 9.17) is 0 Å². The molecule has 5 nitrogen and oxygen atoms in total. The van der Waals surface area contributed by atoms with Crippen molar-refractivity contribution in [2.75, 3.05) is 11.1 Å². The van der Waals surface area contributed by atoms with Crippen LogP contribution in [0.5, 0.6) is 0 Å². The summed E-state index contributed by atoms with van der Waals surface area (Å²) in [4.78, 5) is 31.3. The number of hydrogen-bond acceptors (Lipinski definition) is 5. The highest BCUT2D eigenvalue weighted by molar-refractivity contribution is 8.00. The fourth-order valence-corrected chi connectivity index (χ4v) is 3.53. The fraction of sp³-hybridized carbons (Fsp3) is 0.353. The molecule has 0 saturated heterocycles. The average Bonchev–Trinajstić information content (AvgIpc) is 2.59. The lowest BCUT2D eigenvalue weighted by Gasteiger charge is -2.14. The minimum atomic E-state index is -0.415. The average molecular weight is 381 g/mol. The van der Waals surface area contributed by atoms with E-state index < -0.39 is 5.25 Å². The molecule has 134 valence electrons. The molecular formula is C17H20FN3O2S2. The number of H-pyrrole nitrogens is 1. The van der Waals surface area contributed by atoms with Gasteiger partial charge >= 0.3 is 0 Å². The number of amides is 1. The second-order valence-electron chi connectivity index (χ2n) is 5.19. The summed E-state index contributed by atoms with van der Waals surface area (Å²) in [6.07, 6.45) is 0.565. The number of aromatic nitrogens is 2. The summed E-state index contributed by atoms with van der Waals surface area (Å²) < 4.78 is 12.9. The van der Waals surface area contributed by atoms with Crippen molar-refractivity contribution < 1.29 is 9.18 Å². The van der Waals surface area contributed by atoms with Crippen molar-refractivity contribution in [2.24, 2.45) is 0 Å². The van der Waals surface area contributed by atoms with Gasteiger partial charge in [0, 0.05) is 17.5 Å². The maximum Gasteiger partial charge on any atom is 0.251 e. The van der Waals surface area contributed by atoms with Crippen LogP contribution in [0.2, 0.25) is 0 Å². The number of halogens is 1. The normalized spacial score (nSPS) is 12.0. The van der Waals surface area contributed by atoms with Gasteiger partial charge in [-0.2, -0.15) is 11.8 Å². The molecule has 0 fully saturated rings. The molecule has 1 unspecified atom stereocenters. The zero-order chi connectivity index (χ0) is 18.2. The third-order valence-corrected chi connectivity index (χ3v) is 5.41. The number of anilines is 1. The van der Waals surface area contributed by atoms with Crippen LogP contribution in [0, 0.1) is 5.82 Å². The summed E-state index contributed by atoms with van der Waals surface area (Å²) in [5, 5.41) is 2.77. The van der Waals surface area contributed by atoms with E-state index in [0.717, 1.165) is 5.75 Å². The Morgan fingerprint density at radius 2 is 2.04 bits per heavy atom. The van der Waals surface area contributed by atoms with Crippen LogP contribution < -0.4 is 10.9 Å². The molecule has 2 aromatic rings. The van der Waals surface area contributed by atoms with E-state index in [9.17, 15) is 14.0 Å². The van der Waals surface area contributed by atoms with Crippen molar-refractivity contribution in [2.45, 2.75) is 36.4 Å². The first-order valence-corrected chi connectivity index (χ1v) is 9.96. The molecule has 1 aromatic carbocycles. The van der Waals surface area contributed by atoms with Crippen LogP contribution in [0.3, 0.4) is 0 Å². The van der Waals surface area contributed by atoms with Gasteiger partial charge in [0.15, 0.2) is 5.16 Å². The Morgan fingerprint density at radius 3 is 2.68 bits per heavy atom. The second-order valence-corrected chi connectivity index (χ2v) is 7.66. The molecule has 0 aliphatic heterocycles. The first-order chi connectivity index (χ1) is 12.0. The number of hydrogen-bond donors (Lipinski definition) is 2. The number of rotatable bonds is 8. The van der Waals surface area contributed by atoms with Gasteiger partial charge in [-0.05, 0) is 36.4 Å². The lowest BCUT2D eigenvalue weighted by atomic mass is 10.2. The molecule has 2 N–H and O–H groups in total.